The number of aromatic nitrogens is 1. The molecule has 1 aromatic heterocycles. The highest BCUT2D eigenvalue weighted by molar-refractivity contribution is 7.86. The topological polar surface area (TPSA) is 61.1 Å². The summed E-state index contributed by atoms with van der Waals surface area (Å²) in [6, 6.07) is 4.34. The molecule has 0 amide bonds. The molecule has 8 heteroatoms. The van der Waals surface area contributed by atoms with E-state index in [9.17, 15) is 13.2 Å². The van der Waals surface area contributed by atoms with E-state index in [4.69, 9.17) is 13.0 Å². The van der Waals surface area contributed by atoms with E-state index in [1.807, 2.05) is 0 Å². The van der Waals surface area contributed by atoms with E-state index in [0.717, 1.165) is 13.0 Å². The summed E-state index contributed by atoms with van der Waals surface area (Å²) in [4.78, 5) is 0. The Bertz CT molecular complexity index is 431. The highest BCUT2D eigenvalue weighted by Gasteiger charge is 2.36. The summed E-state index contributed by atoms with van der Waals surface area (Å²) in [5, 5.41) is 0. The first kappa shape index (κ1) is 16.9. The number of aryl methyl sites for hydroxylation is 2. The van der Waals surface area contributed by atoms with Gasteiger partial charge in [-0.15, -0.1) is 0 Å². The second-order valence-electron chi connectivity index (χ2n) is 3.29. The summed E-state index contributed by atoms with van der Waals surface area (Å²) in [6.07, 6.45) is 5.38. The quantitative estimate of drug-likeness (QED) is 0.471. The van der Waals surface area contributed by atoms with Gasteiger partial charge in [0.1, 0.15) is 6.54 Å². The third-order valence-corrected chi connectivity index (χ3v) is 2.58. The predicted molar refractivity (Wildman–Crippen MR) is 57.4 cm³/mol. The van der Waals surface area contributed by atoms with Crippen LogP contribution in [0.3, 0.4) is 0 Å². The second kappa shape index (κ2) is 6.69. The molecule has 0 aliphatic heterocycles. The van der Waals surface area contributed by atoms with Gasteiger partial charge in [0.05, 0.1) is 0 Å². The van der Waals surface area contributed by atoms with Crippen LogP contribution in [0, 0.1) is 0 Å². The molecule has 0 bridgehead atoms. The van der Waals surface area contributed by atoms with Crippen LogP contribution in [-0.4, -0.2) is 18.5 Å². The van der Waals surface area contributed by atoms with Crippen molar-refractivity contribution in [2.24, 2.45) is 0 Å². The van der Waals surface area contributed by atoms with Crippen molar-refractivity contribution in [1.82, 2.24) is 0 Å². The summed E-state index contributed by atoms with van der Waals surface area (Å²) in [6.45, 7) is 5.38. The van der Waals surface area contributed by atoms with E-state index in [1.54, 1.807) is 0 Å². The van der Waals surface area contributed by atoms with Crippen molar-refractivity contribution in [1.29, 1.82) is 0 Å². The maximum Gasteiger partial charge on any atom is 0.485 e. The third-order valence-electron chi connectivity index (χ3n) is 2.02. The van der Waals surface area contributed by atoms with Crippen LogP contribution in [0.5, 0.6) is 0 Å². The van der Waals surface area contributed by atoms with E-state index in [-0.39, 0.29) is 0 Å². The first-order valence-corrected chi connectivity index (χ1v) is 6.52. The molecule has 0 fully saturated rings. The molecule has 1 aromatic rings. The van der Waals surface area contributed by atoms with Crippen molar-refractivity contribution in [3.63, 3.8) is 0 Å². The first-order valence-electron chi connectivity index (χ1n) is 5.12. The van der Waals surface area contributed by atoms with Gasteiger partial charge in [-0.3, -0.25) is 0 Å². The maximum absolute atomic E-state index is 10.7. The Morgan fingerprint density at radius 3 is 1.83 bits per heavy atom. The Morgan fingerprint density at radius 1 is 1.22 bits per heavy atom. The fraction of sp³-hybridized carbons (Fsp3) is 0.500. The van der Waals surface area contributed by atoms with Crippen molar-refractivity contribution in [3.8, 4) is 0 Å². The second-order valence-corrected chi connectivity index (χ2v) is 4.66. The van der Waals surface area contributed by atoms with Crippen LogP contribution in [-0.2, 0) is 23.1 Å². The molecule has 0 atom stereocenters. The first-order chi connectivity index (χ1) is 8.11. The molecule has 0 aliphatic rings. The number of rotatable bonds is 2. The van der Waals surface area contributed by atoms with Gasteiger partial charge in [0.15, 0.2) is 22.5 Å². The van der Waals surface area contributed by atoms with Gasteiger partial charge in [-0.1, -0.05) is 6.92 Å². The largest absolute Gasteiger partial charge is 0.741 e. The highest BCUT2D eigenvalue weighted by Crippen LogP contribution is 2.20. The lowest BCUT2D eigenvalue weighted by Crippen LogP contribution is -2.30. The molecule has 0 aliphatic carbocycles. The number of halogens is 3. The molecule has 0 unspecified atom stereocenters. The normalized spacial score (nSPS) is 11.7. The molecule has 104 valence electrons. The molecule has 0 spiro atoms. The van der Waals surface area contributed by atoms with Crippen molar-refractivity contribution in [2.75, 3.05) is 0 Å². The van der Waals surface area contributed by atoms with Crippen LogP contribution in [0.1, 0.15) is 19.4 Å². The molecule has 0 radical (unpaired) electrons. The average Bonchev–Trinajstić information content (AvgIpc) is 2.27. The van der Waals surface area contributed by atoms with Crippen molar-refractivity contribution < 1.29 is 30.7 Å². The van der Waals surface area contributed by atoms with Gasteiger partial charge in [0.25, 0.3) is 0 Å². The van der Waals surface area contributed by atoms with Gasteiger partial charge < -0.3 is 4.55 Å². The molecule has 1 rings (SSSR count). The fourth-order valence-electron chi connectivity index (χ4n) is 0.935. The molecule has 0 saturated heterocycles. The molecule has 0 aromatic carbocycles. The molecular formula is C10H14F3NO3S. The lowest BCUT2D eigenvalue weighted by Gasteiger charge is -2.08. The molecule has 18 heavy (non-hydrogen) atoms. The van der Waals surface area contributed by atoms with Gasteiger partial charge in [-0.25, -0.2) is 13.0 Å². The smallest absolute Gasteiger partial charge is 0.485 e. The summed E-state index contributed by atoms with van der Waals surface area (Å²) in [5.41, 5.74) is -4.24. The zero-order valence-corrected chi connectivity index (χ0v) is 10.8. The standard InChI is InChI=1S/C9H14N.CHF3O3S/c1-3-9-5-7-10(4-2)8-6-9;2-1(3,4)8(5,6)7/h5-8H,3-4H2,1-2H3;(H,5,6,7)/q+1;/p-1. The van der Waals surface area contributed by atoms with Crippen molar-refractivity contribution in [2.45, 2.75) is 32.3 Å². The van der Waals surface area contributed by atoms with Crippen LogP contribution in [0.25, 0.3) is 0 Å². The number of pyridine rings is 1. The van der Waals surface area contributed by atoms with Crippen LogP contribution in [0.15, 0.2) is 24.5 Å². The molecule has 4 nitrogen and oxygen atoms in total. The third kappa shape index (κ3) is 5.97. The van der Waals surface area contributed by atoms with E-state index in [0.29, 0.717) is 0 Å². The van der Waals surface area contributed by atoms with Crippen molar-refractivity contribution >= 4 is 10.1 Å². The minimum absolute atomic E-state index is 1.06. The van der Waals surface area contributed by atoms with Crippen LogP contribution in [0.4, 0.5) is 13.2 Å². The zero-order chi connectivity index (χ0) is 14.4. The number of alkyl halides is 3. The lowest BCUT2D eigenvalue weighted by atomic mass is 10.2. The van der Waals surface area contributed by atoms with Crippen LogP contribution in [0.2, 0.25) is 0 Å². The molecular weight excluding hydrogens is 271 g/mol. The summed E-state index contributed by atoms with van der Waals surface area (Å²) < 4.78 is 61.1. The Labute approximate surface area is 104 Å². The minimum Gasteiger partial charge on any atom is -0.741 e. The minimum atomic E-state index is -6.09. The SMILES string of the molecule is CCc1cc[n+](CC)cc1.O=S(=O)([O-])C(F)(F)F. The molecule has 0 N–H and O–H groups in total. The monoisotopic (exact) mass is 285 g/mol. The fourth-order valence-corrected chi connectivity index (χ4v) is 0.935. The summed E-state index contributed by atoms with van der Waals surface area (Å²) in [5.74, 6) is 0. The Morgan fingerprint density at radius 2 is 1.61 bits per heavy atom. The number of hydrogen-bond donors (Lipinski definition) is 0. The lowest BCUT2D eigenvalue weighted by molar-refractivity contribution is -0.693. The summed E-state index contributed by atoms with van der Waals surface area (Å²) >= 11 is 0. The van der Waals surface area contributed by atoms with Gasteiger partial charge in [-0.05, 0) is 18.9 Å². The van der Waals surface area contributed by atoms with E-state index >= 15 is 0 Å². The zero-order valence-electron chi connectivity index (χ0n) is 9.94. The predicted octanol–water partition coefficient (Wildman–Crippen LogP) is 1.61. The number of nitrogens with zero attached hydrogens (tertiary/aromatic N) is 1. The highest BCUT2D eigenvalue weighted by atomic mass is 32.2. The van der Waals surface area contributed by atoms with E-state index < -0.39 is 15.6 Å². The van der Waals surface area contributed by atoms with Crippen molar-refractivity contribution in [3.05, 3.63) is 30.1 Å². The van der Waals surface area contributed by atoms with E-state index in [2.05, 4.69) is 42.9 Å². The van der Waals surface area contributed by atoms with Gasteiger partial charge in [0.2, 0.25) is 0 Å². The number of hydrogen-bond acceptors (Lipinski definition) is 3. The van der Waals surface area contributed by atoms with Gasteiger partial charge in [-0.2, -0.15) is 13.2 Å². The Kier molecular flexibility index (Phi) is 6.27. The average molecular weight is 285 g/mol. The Hall–Kier alpha value is -1.15. The van der Waals surface area contributed by atoms with E-state index in [1.165, 1.54) is 5.56 Å². The Balaban J connectivity index is 0.000000331. The molecule has 0 saturated carbocycles. The molecule has 1 heterocycles. The van der Waals surface area contributed by atoms with Gasteiger partial charge >= 0.3 is 5.51 Å². The summed E-state index contributed by atoms with van der Waals surface area (Å²) in [7, 11) is -6.09. The van der Waals surface area contributed by atoms with Crippen LogP contribution < -0.4 is 4.57 Å². The van der Waals surface area contributed by atoms with Gasteiger partial charge in [0, 0.05) is 12.1 Å². The maximum atomic E-state index is 10.7. The van der Waals surface area contributed by atoms with Crippen LogP contribution >= 0.6 is 0 Å².